The SMILES string of the molecule is CCc1cc2c(NCC(=O)OC)cccc2n1Cc1ccccc1. The number of aromatic nitrogens is 1. The van der Waals surface area contributed by atoms with Gasteiger partial charge in [0.2, 0.25) is 0 Å². The van der Waals surface area contributed by atoms with Crippen LogP contribution in [-0.4, -0.2) is 24.2 Å². The van der Waals surface area contributed by atoms with Crippen LogP contribution in [0.25, 0.3) is 10.9 Å². The lowest BCUT2D eigenvalue weighted by Gasteiger charge is -2.11. The first-order chi connectivity index (χ1) is 11.7. The molecule has 1 N–H and O–H groups in total. The summed E-state index contributed by atoms with van der Waals surface area (Å²) in [5.41, 5.74) is 4.68. The Bertz CT molecular complexity index is 837. The zero-order valence-electron chi connectivity index (χ0n) is 14.1. The van der Waals surface area contributed by atoms with Gasteiger partial charge in [0.1, 0.15) is 6.54 Å². The summed E-state index contributed by atoms with van der Waals surface area (Å²) in [6, 6.07) is 18.8. The number of ether oxygens (including phenoxy) is 1. The zero-order chi connectivity index (χ0) is 16.9. The molecule has 1 heterocycles. The fraction of sp³-hybridized carbons (Fsp3) is 0.250. The van der Waals surface area contributed by atoms with E-state index in [0.717, 1.165) is 24.0 Å². The van der Waals surface area contributed by atoms with Crippen molar-refractivity contribution in [3.63, 3.8) is 0 Å². The van der Waals surface area contributed by atoms with Gasteiger partial charge in [-0.3, -0.25) is 4.79 Å². The summed E-state index contributed by atoms with van der Waals surface area (Å²) < 4.78 is 7.05. The van der Waals surface area contributed by atoms with Crippen LogP contribution in [-0.2, 0) is 22.5 Å². The molecule has 3 aromatic rings. The topological polar surface area (TPSA) is 43.3 Å². The number of methoxy groups -OCH3 is 1. The molecule has 0 aliphatic carbocycles. The molecular weight excluding hydrogens is 300 g/mol. The molecule has 3 rings (SSSR count). The van der Waals surface area contributed by atoms with E-state index in [9.17, 15) is 4.79 Å². The van der Waals surface area contributed by atoms with Gasteiger partial charge in [0.25, 0.3) is 0 Å². The van der Waals surface area contributed by atoms with Crippen molar-refractivity contribution in [2.75, 3.05) is 19.0 Å². The van der Waals surface area contributed by atoms with Gasteiger partial charge in [-0.15, -0.1) is 0 Å². The smallest absolute Gasteiger partial charge is 0.325 e. The van der Waals surface area contributed by atoms with Crippen LogP contribution in [0.2, 0.25) is 0 Å². The van der Waals surface area contributed by atoms with Gasteiger partial charge in [-0.1, -0.05) is 43.3 Å². The molecule has 0 unspecified atom stereocenters. The van der Waals surface area contributed by atoms with E-state index in [2.05, 4.69) is 53.2 Å². The number of benzene rings is 2. The van der Waals surface area contributed by atoms with E-state index in [4.69, 9.17) is 4.74 Å². The minimum absolute atomic E-state index is 0.168. The molecule has 0 amide bonds. The van der Waals surface area contributed by atoms with Crippen LogP contribution in [0.15, 0.2) is 54.6 Å². The van der Waals surface area contributed by atoms with E-state index in [0.29, 0.717) is 0 Å². The molecule has 4 heteroatoms. The highest BCUT2D eigenvalue weighted by atomic mass is 16.5. The molecule has 24 heavy (non-hydrogen) atoms. The molecule has 4 nitrogen and oxygen atoms in total. The van der Waals surface area contributed by atoms with Crippen LogP contribution in [0.4, 0.5) is 5.69 Å². The Balaban J connectivity index is 1.98. The van der Waals surface area contributed by atoms with Crippen molar-refractivity contribution in [1.82, 2.24) is 4.57 Å². The van der Waals surface area contributed by atoms with Crippen LogP contribution in [0.1, 0.15) is 18.2 Å². The Hall–Kier alpha value is -2.75. The normalized spacial score (nSPS) is 10.8. The van der Waals surface area contributed by atoms with Gasteiger partial charge in [-0.2, -0.15) is 0 Å². The van der Waals surface area contributed by atoms with Crippen molar-refractivity contribution in [1.29, 1.82) is 0 Å². The molecule has 0 saturated carbocycles. The lowest BCUT2D eigenvalue weighted by Crippen LogP contribution is -2.15. The first-order valence-electron chi connectivity index (χ1n) is 8.18. The standard InChI is InChI=1S/C20H22N2O2/c1-3-16-12-17-18(21-13-20(23)24-2)10-7-11-19(17)22(16)14-15-8-5-4-6-9-15/h4-12,21H,3,13-14H2,1-2H3. The van der Waals surface area contributed by atoms with Gasteiger partial charge < -0.3 is 14.6 Å². The quantitative estimate of drug-likeness (QED) is 0.701. The highest BCUT2D eigenvalue weighted by Crippen LogP contribution is 2.28. The molecule has 0 aliphatic heterocycles. The van der Waals surface area contributed by atoms with E-state index in [1.54, 1.807) is 0 Å². The second-order valence-corrected chi connectivity index (χ2v) is 5.73. The summed E-state index contributed by atoms with van der Waals surface area (Å²) >= 11 is 0. The van der Waals surface area contributed by atoms with E-state index in [-0.39, 0.29) is 12.5 Å². The Kier molecular flexibility index (Phi) is 4.85. The molecule has 0 atom stereocenters. The number of fused-ring (bicyclic) bond motifs is 1. The summed E-state index contributed by atoms with van der Waals surface area (Å²) in [5.74, 6) is -0.272. The molecule has 0 spiro atoms. The van der Waals surface area contributed by atoms with Crippen molar-refractivity contribution in [2.24, 2.45) is 0 Å². The van der Waals surface area contributed by atoms with Gasteiger partial charge in [-0.05, 0) is 30.2 Å². The summed E-state index contributed by atoms with van der Waals surface area (Å²) in [6.07, 6.45) is 0.956. The number of aryl methyl sites for hydroxylation is 1. The number of nitrogens with zero attached hydrogens (tertiary/aromatic N) is 1. The average Bonchev–Trinajstić information content (AvgIpc) is 2.98. The van der Waals surface area contributed by atoms with Crippen molar-refractivity contribution >= 4 is 22.6 Å². The molecule has 0 saturated heterocycles. The number of anilines is 1. The maximum absolute atomic E-state index is 11.4. The first kappa shape index (κ1) is 16.1. The van der Waals surface area contributed by atoms with Gasteiger partial charge in [0.15, 0.2) is 0 Å². The molecule has 0 fully saturated rings. The molecule has 0 bridgehead atoms. The van der Waals surface area contributed by atoms with Crippen LogP contribution in [0, 0.1) is 0 Å². The average molecular weight is 322 g/mol. The number of hydrogen-bond acceptors (Lipinski definition) is 3. The Labute approximate surface area is 142 Å². The van der Waals surface area contributed by atoms with Crippen molar-refractivity contribution in [3.8, 4) is 0 Å². The third-order valence-electron chi connectivity index (χ3n) is 4.23. The molecule has 124 valence electrons. The molecule has 2 aromatic carbocycles. The summed E-state index contributed by atoms with van der Waals surface area (Å²) in [7, 11) is 1.40. The largest absolute Gasteiger partial charge is 0.468 e. The summed E-state index contributed by atoms with van der Waals surface area (Å²) in [6.45, 7) is 3.17. The Morgan fingerprint density at radius 2 is 1.92 bits per heavy atom. The highest BCUT2D eigenvalue weighted by molar-refractivity contribution is 5.94. The predicted molar refractivity (Wildman–Crippen MR) is 97.4 cm³/mol. The molecule has 1 aromatic heterocycles. The third kappa shape index (κ3) is 3.27. The maximum Gasteiger partial charge on any atom is 0.325 e. The monoisotopic (exact) mass is 322 g/mol. The summed E-state index contributed by atoms with van der Waals surface area (Å²) in [4.78, 5) is 11.4. The fourth-order valence-corrected chi connectivity index (χ4v) is 2.98. The number of carbonyl (C=O) groups is 1. The van der Waals surface area contributed by atoms with Crippen LogP contribution in [0.5, 0.6) is 0 Å². The molecular formula is C20H22N2O2. The van der Waals surface area contributed by atoms with Crippen LogP contribution >= 0.6 is 0 Å². The number of esters is 1. The minimum Gasteiger partial charge on any atom is -0.468 e. The highest BCUT2D eigenvalue weighted by Gasteiger charge is 2.11. The Morgan fingerprint density at radius 3 is 2.62 bits per heavy atom. The second kappa shape index (κ2) is 7.21. The fourth-order valence-electron chi connectivity index (χ4n) is 2.98. The number of hydrogen-bond donors (Lipinski definition) is 1. The van der Waals surface area contributed by atoms with Crippen molar-refractivity contribution in [3.05, 3.63) is 65.9 Å². The molecule has 0 radical (unpaired) electrons. The van der Waals surface area contributed by atoms with Crippen LogP contribution in [0.3, 0.4) is 0 Å². The second-order valence-electron chi connectivity index (χ2n) is 5.73. The third-order valence-corrected chi connectivity index (χ3v) is 4.23. The lowest BCUT2D eigenvalue weighted by molar-refractivity contribution is -0.138. The van der Waals surface area contributed by atoms with Crippen LogP contribution < -0.4 is 5.32 Å². The van der Waals surface area contributed by atoms with E-state index >= 15 is 0 Å². The minimum atomic E-state index is -0.272. The number of rotatable bonds is 6. The van der Waals surface area contributed by atoms with E-state index in [1.165, 1.54) is 23.9 Å². The Morgan fingerprint density at radius 1 is 1.12 bits per heavy atom. The number of nitrogens with one attached hydrogen (secondary N) is 1. The zero-order valence-corrected chi connectivity index (χ0v) is 14.1. The van der Waals surface area contributed by atoms with Gasteiger partial charge in [-0.25, -0.2) is 0 Å². The van der Waals surface area contributed by atoms with E-state index < -0.39 is 0 Å². The van der Waals surface area contributed by atoms with Crippen molar-refractivity contribution in [2.45, 2.75) is 19.9 Å². The van der Waals surface area contributed by atoms with E-state index in [1.807, 2.05) is 18.2 Å². The van der Waals surface area contributed by atoms with Gasteiger partial charge >= 0.3 is 5.97 Å². The van der Waals surface area contributed by atoms with Crippen molar-refractivity contribution < 1.29 is 9.53 Å². The lowest BCUT2D eigenvalue weighted by atomic mass is 10.2. The molecule has 0 aliphatic rings. The predicted octanol–water partition coefficient (Wildman–Crippen LogP) is 3.84. The first-order valence-corrected chi connectivity index (χ1v) is 8.18. The van der Waals surface area contributed by atoms with Gasteiger partial charge in [0.05, 0.1) is 12.6 Å². The summed E-state index contributed by atoms with van der Waals surface area (Å²) in [5, 5.41) is 4.31. The number of carbonyl (C=O) groups excluding carboxylic acids is 1. The van der Waals surface area contributed by atoms with Gasteiger partial charge in [0, 0.05) is 23.3 Å². The maximum atomic E-state index is 11.4.